The average molecular weight is 367 g/mol. The maximum absolute atomic E-state index is 12.6. The molecule has 2 aromatic rings. The van der Waals surface area contributed by atoms with Crippen LogP contribution in [0.25, 0.3) is 0 Å². The van der Waals surface area contributed by atoms with Gasteiger partial charge >= 0.3 is 6.03 Å². The van der Waals surface area contributed by atoms with Gasteiger partial charge in [0.2, 0.25) is 0 Å². The summed E-state index contributed by atoms with van der Waals surface area (Å²) in [5, 5.41) is 5.59. The molecule has 0 saturated carbocycles. The van der Waals surface area contributed by atoms with E-state index in [1.165, 1.54) is 0 Å². The number of urea groups is 1. The Bertz CT molecular complexity index is 822. The Labute approximate surface area is 159 Å². The first kappa shape index (κ1) is 18.8. The number of carbonyl (C=O) groups is 2. The second-order valence-corrected chi connectivity index (χ2v) is 6.65. The van der Waals surface area contributed by atoms with Gasteiger partial charge in [0, 0.05) is 43.4 Å². The van der Waals surface area contributed by atoms with Crippen LogP contribution in [0.2, 0.25) is 0 Å². The van der Waals surface area contributed by atoms with Crippen molar-refractivity contribution in [2.45, 2.75) is 18.8 Å². The van der Waals surface area contributed by atoms with E-state index in [0.29, 0.717) is 23.5 Å². The van der Waals surface area contributed by atoms with E-state index in [9.17, 15) is 9.59 Å². The number of nitrogens with one attached hydrogen (secondary N) is 2. The highest BCUT2D eigenvalue weighted by atomic mass is 16.5. The molecule has 1 aliphatic heterocycles. The molecule has 0 bridgehead atoms. The van der Waals surface area contributed by atoms with Crippen molar-refractivity contribution < 1.29 is 14.3 Å². The standard InChI is InChI=1S/C21H25N3O3/c1-22-21(26)24-11-5-8-17(14-24)15-6-3-7-16(12-15)20(25)23-18-9-4-10-19(13-18)27-2/h3-4,6-7,9-10,12-13,17H,5,8,11,14H2,1-2H3,(H,22,26)(H,23,25). The van der Waals surface area contributed by atoms with Crippen molar-refractivity contribution in [3.05, 3.63) is 59.7 Å². The lowest BCUT2D eigenvalue weighted by Crippen LogP contribution is -2.43. The lowest BCUT2D eigenvalue weighted by Gasteiger charge is -2.32. The quantitative estimate of drug-likeness (QED) is 0.869. The predicted molar refractivity (Wildman–Crippen MR) is 105 cm³/mol. The Morgan fingerprint density at radius 3 is 2.74 bits per heavy atom. The number of rotatable bonds is 4. The number of carbonyl (C=O) groups excluding carboxylic acids is 2. The van der Waals surface area contributed by atoms with Gasteiger partial charge in [-0.1, -0.05) is 18.2 Å². The number of amides is 3. The largest absolute Gasteiger partial charge is 0.497 e. The summed E-state index contributed by atoms with van der Waals surface area (Å²) in [4.78, 5) is 26.4. The summed E-state index contributed by atoms with van der Waals surface area (Å²) in [6.45, 7) is 1.44. The highest BCUT2D eigenvalue weighted by Gasteiger charge is 2.24. The highest BCUT2D eigenvalue weighted by molar-refractivity contribution is 6.04. The molecule has 0 spiro atoms. The minimum atomic E-state index is -0.163. The molecule has 1 unspecified atom stereocenters. The van der Waals surface area contributed by atoms with Crippen LogP contribution in [0.4, 0.5) is 10.5 Å². The van der Waals surface area contributed by atoms with E-state index < -0.39 is 0 Å². The first-order valence-electron chi connectivity index (χ1n) is 9.12. The van der Waals surface area contributed by atoms with Gasteiger partial charge in [-0.2, -0.15) is 0 Å². The van der Waals surface area contributed by atoms with Crippen molar-refractivity contribution in [2.75, 3.05) is 32.6 Å². The number of hydrogen-bond acceptors (Lipinski definition) is 3. The fourth-order valence-electron chi connectivity index (χ4n) is 3.43. The van der Waals surface area contributed by atoms with Crippen LogP contribution in [0.15, 0.2) is 48.5 Å². The average Bonchev–Trinajstić information content (AvgIpc) is 2.73. The van der Waals surface area contributed by atoms with Gasteiger partial charge < -0.3 is 20.3 Å². The van der Waals surface area contributed by atoms with Crippen molar-refractivity contribution in [1.82, 2.24) is 10.2 Å². The summed E-state index contributed by atoms with van der Waals surface area (Å²) in [6.07, 6.45) is 1.97. The van der Waals surface area contributed by atoms with Crippen LogP contribution >= 0.6 is 0 Å². The SMILES string of the molecule is CNC(=O)N1CCCC(c2cccc(C(=O)Nc3cccc(OC)c3)c2)C1. The third-order valence-corrected chi connectivity index (χ3v) is 4.87. The fourth-order valence-corrected chi connectivity index (χ4v) is 3.43. The highest BCUT2D eigenvalue weighted by Crippen LogP contribution is 2.28. The van der Waals surface area contributed by atoms with E-state index in [4.69, 9.17) is 4.74 Å². The maximum atomic E-state index is 12.6. The monoisotopic (exact) mass is 367 g/mol. The molecule has 2 aromatic carbocycles. The predicted octanol–water partition coefficient (Wildman–Crippen LogP) is 3.47. The lowest BCUT2D eigenvalue weighted by atomic mass is 9.89. The number of nitrogens with zero attached hydrogens (tertiary/aromatic N) is 1. The van der Waals surface area contributed by atoms with Gasteiger partial charge in [-0.05, 0) is 42.7 Å². The smallest absolute Gasteiger partial charge is 0.317 e. The number of methoxy groups -OCH3 is 1. The number of likely N-dealkylation sites (tertiary alicyclic amines) is 1. The van der Waals surface area contributed by atoms with E-state index >= 15 is 0 Å². The number of ether oxygens (including phenoxy) is 1. The van der Waals surface area contributed by atoms with Gasteiger partial charge in [0.15, 0.2) is 0 Å². The topological polar surface area (TPSA) is 70.7 Å². The van der Waals surface area contributed by atoms with Crippen molar-refractivity contribution in [3.63, 3.8) is 0 Å². The Balaban J connectivity index is 1.72. The number of piperidine rings is 1. The second kappa shape index (κ2) is 8.58. The Kier molecular flexibility index (Phi) is 5.96. The molecule has 6 nitrogen and oxygen atoms in total. The molecule has 1 fully saturated rings. The molecule has 1 atom stereocenters. The second-order valence-electron chi connectivity index (χ2n) is 6.65. The Morgan fingerprint density at radius 2 is 1.96 bits per heavy atom. The molecule has 6 heteroatoms. The first-order chi connectivity index (χ1) is 13.1. The van der Waals surface area contributed by atoms with Crippen molar-refractivity contribution in [3.8, 4) is 5.75 Å². The summed E-state index contributed by atoms with van der Waals surface area (Å²) < 4.78 is 5.19. The van der Waals surface area contributed by atoms with Crippen LogP contribution in [0.5, 0.6) is 5.75 Å². The van der Waals surface area contributed by atoms with Gasteiger partial charge in [0.1, 0.15) is 5.75 Å². The molecule has 27 heavy (non-hydrogen) atoms. The molecule has 0 aromatic heterocycles. The zero-order valence-corrected chi connectivity index (χ0v) is 15.7. The van der Waals surface area contributed by atoms with Gasteiger partial charge in [-0.3, -0.25) is 4.79 Å². The Hall–Kier alpha value is -3.02. The molecule has 3 amide bonds. The van der Waals surface area contributed by atoms with Gasteiger partial charge in [0.25, 0.3) is 5.91 Å². The van der Waals surface area contributed by atoms with Gasteiger partial charge in [-0.15, -0.1) is 0 Å². The number of hydrogen-bond donors (Lipinski definition) is 2. The Morgan fingerprint density at radius 1 is 1.15 bits per heavy atom. The maximum Gasteiger partial charge on any atom is 0.317 e. The van der Waals surface area contributed by atoms with Crippen molar-refractivity contribution in [1.29, 1.82) is 0 Å². The summed E-state index contributed by atoms with van der Waals surface area (Å²) in [5.74, 6) is 0.766. The van der Waals surface area contributed by atoms with Crippen LogP contribution in [0, 0.1) is 0 Å². The molecule has 142 valence electrons. The van der Waals surface area contributed by atoms with E-state index in [0.717, 1.165) is 24.9 Å². The summed E-state index contributed by atoms with van der Waals surface area (Å²) in [7, 11) is 3.24. The number of anilines is 1. The molecular formula is C21H25N3O3. The summed E-state index contributed by atoms with van der Waals surface area (Å²) >= 11 is 0. The molecule has 3 rings (SSSR count). The molecule has 0 aliphatic carbocycles. The number of benzene rings is 2. The zero-order valence-electron chi connectivity index (χ0n) is 15.7. The molecule has 0 radical (unpaired) electrons. The third kappa shape index (κ3) is 4.58. The summed E-state index contributed by atoms with van der Waals surface area (Å²) in [5.41, 5.74) is 2.38. The molecule has 1 saturated heterocycles. The van der Waals surface area contributed by atoms with Crippen molar-refractivity contribution >= 4 is 17.6 Å². The molecule has 2 N–H and O–H groups in total. The summed E-state index contributed by atoms with van der Waals surface area (Å²) in [6, 6.07) is 14.9. The lowest BCUT2D eigenvalue weighted by molar-refractivity contribution is 0.102. The minimum absolute atomic E-state index is 0.0494. The van der Waals surface area contributed by atoms with Crippen LogP contribution < -0.4 is 15.4 Å². The van der Waals surface area contributed by atoms with Crippen LogP contribution in [-0.4, -0.2) is 44.1 Å². The molecule has 1 heterocycles. The zero-order chi connectivity index (χ0) is 19.2. The van der Waals surface area contributed by atoms with Crippen molar-refractivity contribution in [2.24, 2.45) is 0 Å². The fraction of sp³-hybridized carbons (Fsp3) is 0.333. The third-order valence-electron chi connectivity index (χ3n) is 4.87. The first-order valence-corrected chi connectivity index (χ1v) is 9.12. The van der Waals surface area contributed by atoms with E-state index in [2.05, 4.69) is 10.6 Å². The van der Waals surface area contributed by atoms with E-state index in [-0.39, 0.29) is 17.9 Å². The van der Waals surface area contributed by atoms with Crippen LogP contribution in [-0.2, 0) is 0 Å². The normalized spacial score (nSPS) is 16.5. The van der Waals surface area contributed by atoms with E-state index in [1.54, 1.807) is 26.3 Å². The van der Waals surface area contributed by atoms with E-state index in [1.807, 2.05) is 41.3 Å². The van der Waals surface area contributed by atoms with Gasteiger partial charge in [-0.25, -0.2) is 4.79 Å². The molecule has 1 aliphatic rings. The minimum Gasteiger partial charge on any atom is -0.497 e. The van der Waals surface area contributed by atoms with Gasteiger partial charge in [0.05, 0.1) is 7.11 Å². The molecular weight excluding hydrogens is 342 g/mol. The van der Waals surface area contributed by atoms with Crippen LogP contribution in [0.3, 0.4) is 0 Å². The van der Waals surface area contributed by atoms with Crippen LogP contribution in [0.1, 0.15) is 34.7 Å².